The number of nitro benzene ring substituents is 1. The minimum Gasteiger partial charge on any atom is -0.294 e. The molecule has 0 radical (unpaired) electrons. The summed E-state index contributed by atoms with van der Waals surface area (Å²) in [6.45, 7) is 1.92. The van der Waals surface area contributed by atoms with Gasteiger partial charge in [-0.05, 0) is 30.7 Å². The lowest BCUT2D eigenvalue weighted by atomic mass is 10.1. The van der Waals surface area contributed by atoms with Crippen LogP contribution in [0.25, 0.3) is 10.9 Å². The molecule has 116 valence electrons. The van der Waals surface area contributed by atoms with E-state index in [1.807, 2.05) is 6.07 Å². The second-order valence-electron chi connectivity index (χ2n) is 5.16. The zero-order valence-electron chi connectivity index (χ0n) is 12.2. The number of halogens is 1. The number of nitro groups is 1. The van der Waals surface area contributed by atoms with Gasteiger partial charge in [0.05, 0.1) is 28.7 Å². The lowest BCUT2D eigenvalue weighted by Crippen LogP contribution is -2.21. The molecule has 3 rings (SSSR count). The van der Waals surface area contributed by atoms with Gasteiger partial charge in [0.1, 0.15) is 0 Å². The summed E-state index contributed by atoms with van der Waals surface area (Å²) >= 11 is 3.34. The van der Waals surface area contributed by atoms with Crippen LogP contribution in [0, 0.1) is 17.0 Å². The fourth-order valence-corrected chi connectivity index (χ4v) is 2.83. The Kier molecular flexibility index (Phi) is 3.96. The van der Waals surface area contributed by atoms with E-state index < -0.39 is 4.92 Å². The van der Waals surface area contributed by atoms with E-state index >= 15 is 0 Å². The Morgan fingerprint density at radius 3 is 2.83 bits per heavy atom. The molecule has 0 bridgehead atoms. The Balaban J connectivity index is 2.09. The first-order valence-electron chi connectivity index (χ1n) is 6.85. The van der Waals surface area contributed by atoms with Gasteiger partial charge in [-0.2, -0.15) is 0 Å². The third kappa shape index (κ3) is 2.87. The first kappa shape index (κ1) is 15.4. The van der Waals surface area contributed by atoms with E-state index in [4.69, 9.17) is 0 Å². The molecule has 0 spiro atoms. The predicted octanol–water partition coefficient (Wildman–Crippen LogP) is 3.42. The van der Waals surface area contributed by atoms with Gasteiger partial charge < -0.3 is 0 Å². The maximum absolute atomic E-state index is 12.6. The average molecular weight is 374 g/mol. The fourth-order valence-electron chi connectivity index (χ4n) is 2.47. The Morgan fingerprint density at radius 1 is 1.30 bits per heavy atom. The molecule has 0 fully saturated rings. The SMILES string of the molecule is Cc1c(Cn2cnc3ccc(Br)cc3c2=O)cccc1[N+](=O)[O-]. The number of aromatic nitrogens is 2. The Hall–Kier alpha value is -2.54. The van der Waals surface area contributed by atoms with Gasteiger partial charge in [-0.3, -0.25) is 19.5 Å². The number of nitrogens with zero attached hydrogens (tertiary/aromatic N) is 3. The average Bonchev–Trinajstić information content (AvgIpc) is 2.52. The molecule has 3 aromatic rings. The van der Waals surface area contributed by atoms with Crippen molar-refractivity contribution in [3.8, 4) is 0 Å². The molecule has 2 aromatic carbocycles. The molecule has 1 aromatic heterocycles. The second-order valence-corrected chi connectivity index (χ2v) is 6.07. The molecule has 0 amide bonds. The molecule has 0 N–H and O–H groups in total. The number of fused-ring (bicyclic) bond motifs is 1. The van der Waals surface area contributed by atoms with Crippen molar-refractivity contribution in [3.63, 3.8) is 0 Å². The molecule has 0 saturated carbocycles. The summed E-state index contributed by atoms with van der Waals surface area (Å²) < 4.78 is 2.26. The van der Waals surface area contributed by atoms with E-state index in [9.17, 15) is 14.9 Å². The Bertz CT molecular complexity index is 982. The van der Waals surface area contributed by atoms with Gasteiger partial charge in [-0.25, -0.2) is 4.98 Å². The predicted molar refractivity (Wildman–Crippen MR) is 90.6 cm³/mol. The summed E-state index contributed by atoms with van der Waals surface area (Å²) in [5.74, 6) is 0. The van der Waals surface area contributed by atoms with Gasteiger partial charge in [-0.1, -0.05) is 28.1 Å². The molecule has 6 nitrogen and oxygen atoms in total. The van der Waals surface area contributed by atoms with Crippen LogP contribution >= 0.6 is 15.9 Å². The number of hydrogen-bond donors (Lipinski definition) is 0. The van der Waals surface area contributed by atoms with Crippen LogP contribution in [-0.4, -0.2) is 14.5 Å². The largest absolute Gasteiger partial charge is 0.294 e. The molecule has 0 saturated heterocycles. The highest BCUT2D eigenvalue weighted by Gasteiger charge is 2.14. The van der Waals surface area contributed by atoms with Crippen molar-refractivity contribution in [2.24, 2.45) is 0 Å². The number of hydrogen-bond acceptors (Lipinski definition) is 4. The molecule has 0 aliphatic carbocycles. The van der Waals surface area contributed by atoms with Gasteiger partial charge in [0.2, 0.25) is 0 Å². The van der Waals surface area contributed by atoms with E-state index in [1.54, 1.807) is 31.2 Å². The van der Waals surface area contributed by atoms with Gasteiger partial charge in [0, 0.05) is 16.1 Å². The lowest BCUT2D eigenvalue weighted by Gasteiger charge is -2.09. The van der Waals surface area contributed by atoms with Crippen LogP contribution in [0.2, 0.25) is 0 Å². The first-order chi connectivity index (χ1) is 11.0. The van der Waals surface area contributed by atoms with E-state index in [1.165, 1.54) is 17.0 Å². The summed E-state index contributed by atoms with van der Waals surface area (Å²) in [5, 5.41) is 11.5. The van der Waals surface area contributed by atoms with Gasteiger partial charge in [-0.15, -0.1) is 0 Å². The van der Waals surface area contributed by atoms with Crippen LogP contribution in [0.15, 0.2) is 52.0 Å². The second kappa shape index (κ2) is 5.92. The highest BCUT2D eigenvalue weighted by Crippen LogP contribution is 2.22. The molecule has 7 heteroatoms. The standard InChI is InChI=1S/C16H12BrN3O3/c1-10-11(3-2-4-15(10)20(22)23)8-19-9-18-14-6-5-12(17)7-13(14)16(19)21/h2-7,9H,8H2,1H3. The van der Waals surface area contributed by atoms with E-state index in [-0.39, 0.29) is 17.8 Å². The van der Waals surface area contributed by atoms with Crippen LogP contribution in [0.4, 0.5) is 5.69 Å². The lowest BCUT2D eigenvalue weighted by molar-refractivity contribution is -0.385. The van der Waals surface area contributed by atoms with Crippen molar-refractivity contribution < 1.29 is 4.92 Å². The van der Waals surface area contributed by atoms with Gasteiger partial charge in [0.15, 0.2) is 0 Å². The van der Waals surface area contributed by atoms with Gasteiger partial charge in [0.25, 0.3) is 11.2 Å². The topological polar surface area (TPSA) is 78.0 Å². The smallest absolute Gasteiger partial charge is 0.272 e. The van der Waals surface area contributed by atoms with Crippen LogP contribution < -0.4 is 5.56 Å². The zero-order valence-corrected chi connectivity index (χ0v) is 13.8. The molecule has 0 unspecified atom stereocenters. The highest BCUT2D eigenvalue weighted by molar-refractivity contribution is 9.10. The third-order valence-corrected chi connectivity index (χ3v) is 4.23. The van der Waals surface area contributed by atoms with Crippen molar-refractivity contribution in [1.29, 1.82) is 0 Å². The summed E-state index contributed by atoms with van der Waals surface area (Å²) in [7, 11) is 0. The summed E-state index contributed by atoms with van der Waals surface area (Å²) in [6.07, 6.45) is 1.47. The molecular formula is C16H12BrN3O3. The zero-order chi connectivity index (χ0) is 16.6. The first-order valence-corrected chi connectivity index (χ1v) is 7.64. The molecule has 23 heavy (non-hydrogen) atoms. The van der Waals surface area contributed by atoms with Gasteiger partial charge >= 0.3 is 0 Å². The quantitative estimate of drug-likeness (QED) is 0.520. The summed E-state index contributed by atoms with van der Waals surface area (Å²) in [4.78, 5) is 27.5. The molecule has 0 atom stereocenters. The minimum absolute atomic E-state index is 0.0482. The maximum Gasteiger partial charge on any atom is 0.272 e. The van der Waals surface area contributed by atoms with E-state index in [0.717, 1.165) is 10.0 Å². The van der Waals surface area contributed by atoms with Crippen LogP contribution in [0.1, 0.15) is 11.1 Å². The fraction of sp³-hybridized carbons (Fsp3) is 0.125. The highest BCUT2D eigenvalue weighted by atomic mass is 79.9. The van der Waals surface area contributed by atoms with E-state index in [0.29, 0.717) is 16.5 Å². The maximum atomic E-state index is 12.6. The van der Waals surface area contributed by atoms with Crippen LogP contribution in [-0.2, 0) is 6.54 Å². The summed E-state index contributed by atoms with van der Waals surface area (Å²) in [6, 6.07) is 10.2. The Morgan fingerprint density at radius 2 is 2.09 bits per heavy atom. The van der Waals surface area contributed by atoms with Crippen molar-refractivity contribution in [2.75, 3.05) is 0 Å². The van der Waals surface area contributed by atoms with E-state index in [2.05, 4.69) is 20.9 Å². The Labute approximate surface area is 139 Å². The van der Waals surface area contributed by atoms with Crippen molar-refractivity contribution in [2.45, 2.75) is 13.5 Å². The number of benzene rings is 2. The molecular weight excluding hydrogens is 362 g/mol. The monoisotopic (exact) mass is 373 g/mol. The molecule has 1 heterocycles. The van der Waals surface area contributed by atoms with Crippen molar-refractivity contribution in [3.05, 3.63) is 78.8 Å². The normalized spacial score (nSPS) is 10.9. The molecule has 0 aliphatic rings. The van der Waals surface area contributed by atoms with Crippen molar-refractivity contribution >= 4 is 32.5 Å². The molecule has 0 aliphatic heterocycles. The minimum atomic E-state index is -0.419. The van der Waals surface area contributed by atoms with Crippen LogP contribution in [0.5, 0.6) is 0 Å². The van der Waals surface area contributed by atoms with Crippen LogP contribution in [0.3, 0.4) is 0 Å². The third-order valence-electron chi connectivity index (χ3n) is 3.74. The number of rotatable bonds is 3. The van der Waals surface area contributed by atoms with Crippen molar-refractivity contribution in [1.82, 2.24) is 9.55 Å². The summed E-state index contributed by atoms with van der Waals surface area (Å²) in [5.41, 5.74) is 1.76.